The Morgan fingerprint density at radius 3 is 2.55 bits per heavy atom. The van der Waals surface area contributed by atoms with Gasteiger partial charge in [-0.1, -0.05) is 71.7 Å². The van der Waals surface area contributed by atoms with Crippen LogP contribution in [0.2, 0.25) is 10.0 Å². The van der Waals surface area contributed by atoms with Gasteiger partial charge in [-0.3, -0.25) is 19.7 Å². The molecule has 0 aliphatic heterocycles. The van der Waals surface area contributed by atoms with E-state index in [2.05, 4.69) is 44.5 Å². The number of halogens is 2. The van der Waals surface area contributed by atoms with Crippen LogP contribution in [0.15, 0.2) is 91.6 Å². The number of aromatic nitrogens is 4. The van der Waals surface area contributed by atoms with Crippen LogP contribution in [0.25, 0.3) is 0 Å². The molecule has 2 N–H and O–H groups in total. The first kappa shape index (κ1) is 29.8. The Morgan fingerprint density at radius 1 is 1.02 bits per heavy atom. The van der Waals surface area contributed by atoms with Crippen molar-refractivity contribution in [2.45, 2.75) is 44.4 Å². The summed E-state index contributed by atoms with van der Waals surface area (Å²) >= 11 is 12.3. The molecular formula is C34H32Cl2N6O2. The minimum Gasteiger partial charge on any atom is -0.496 e. The number of methoxy groups -OCH3 is 1. The fourth-order valence-electron chi connectivity index (χ4n) is 5.96. The Balaban J connectivity index is 1.31. The summed E-state index contributed by atoms with van der Waals surface area (Å²) in [6.45, 7) is 0.965. The van der Waals surface area contributed by atoms with Crippen molar-refractivity contribution in [2.24, 2.45) is 0 Å². The van der Waals surface area contributed by atoms with E-state index in [4.69, 9.17) is 37.9 Å². The lowest BCUT2D eigenvalue weighted by molar-refractivity contribution is 0.0951. The molecule has 6 rings (SSSR count). The third-order valence-corrected chi connectivity index (χ3v) is 8.60. The standard InChI is InChI=1S/C34H32Cl2N6O2/c1-44-29-10-3-2-8-25(29)32(33-39-16-17-40-33)42(28-9-4-6-24-7-5-15-38-31(24)28)21-23-13-11-22(12-14-23)18-41-34(43)30-26(35)19-37-20-27(30)36/h2-3,5,7-8,10-17,19-20,28,32H,4,6,9,18,21H2,1H3,(H,39,40)(H,41,43). The van der Waals surface area contributed by atoms with Gasteiger partial charge in [-0.15, -0.1) is 0 Å². The largest absolute Gasteiger partial charge is 0.496 e. The molecule has 1 amide bonds. The number of para-hydroxylation sites is 1. The zero-order valence-electron chi connectivity index (χ0n) is 24.2. The third-order valence-electron chi connectivity index (χ3n) is 8.03. The second-order valence-corrected chi connectivity index (χ2v) is 11.5. The Hall–Kier alpha value is -4.24. The Bertz CT molecular complexity index is 1710. The Morgan fingerprint density at radius 2 is 1.80 bits per heavy atom. The monoisotopic (exact) mass is 626 g/mol. The van der Waals surface area contributed by atoms with E-state index in [0.29, 0.717) is 13.1 Å². The second-order valence-electron chi connectivity index (χ2n) is 10.7. The SMILES string of the molecule is COc1ccccc1C(c1ncc[nH]1)N(Cc1ccc(CNC(=O)c2c(Cl)cncc2Cl)cc1)C1CCCc2cccnc21. The van der Waals surface area contributed by atoms with Crippen molar-refractivity contribution in [3.8, 4) is 5.75 Å². The summed E-state index contributed by atoms with van der Waals surface area (Å²) in [6.07, 6.45) is 11.4. The molecule has 224 valence electrons. The zero-order valence-corrected chi connectivity index (χ0v) is 25.7. The number of rotatable bonds is 10. The molecular weight excluding hydrogens is 595 g/mol. The molecule has 44 heavy (non-hydrogen) atoms. The van der Waals surface area contributed by atoms with E-state index in [9.17, 15) is 4.79 Å². The van der Waals surface area contributed by atoms with Gasteiger partial charge in [0.25, 0.3) is 5.91 Å². The molecule has 0 fully saturated rings. The van der Waals surface area contributed by atoms with Crippen molar-refractivity contribution >= 4 is 29.1 Å². The van der Waals surface area contributed by atoms with Crippen LogP contribution >= 0.6 is 23.2 Å². The lowest BCUT2D eigenvalue weighted by Crippen LogP contribution is -2.36. The van der Waals surface area contributed by atoms with Gasteiger partial charge < -0.3 is 15.0 Å². The van der Waals surface area contributed by atoms with Gasteiger partial charge in [0.15, 0.2) is 0 Å². The maximum absolute atomic E-state index is 12.8. The minimum atomic E-state index is -0.348. The quantitative estimate of drug-likeness (QED) is 0.171. The Labute approximate surface area is 266 Å². The van der Waals surface area contributed by atoms with Crippen molar-refractivity contribution < 1.29 is 9.53 Å². The number of nitrogens with zero attached hydrogens (tertiary/aromatic N) is 4. The fraction of sp³-hybridized carbons (Fsp3) is 0.235. The number of hydrogen-bond donors (Lipinski definition) is 2. The van der Waals surface area contributed by atoms with E-state index >= 15 is 0 Å². The van der Waals surface area contributed by atoms with E-state index < -0.39 is 0 Å². The maximum atomic E-state index is 12.8. The molecule has 0 saturated carbocycles. The predicted octanol–water partition coefficient (Wildman–Crippen LogP) is 7.11. The van der Waals surface area contributed by atoms with Gasteiger partial charge in [0.2, 0.25) is 0 Å². The van der Waals surface area contributed by atoms with Crippen LogP contribution in [0.4, 0.5) is 0 Å². The number of nitrogens with one attached hydrogen (secondary N) is 2. The van der Waals surface area contributed by atoms with E-state index in [1.165, 1.54) is 18.0 Å². The summed E-state index contributed by atoms with van der Waals surface area (Å²) in [7, 11) is 1.70. The summed E-state index contributed by atoms with van der Waals surface area (Å²) in [6, 6.07) is 20.4. The molecule has 10 heteroatoms. The molecule has 0 spiro atoms. The molecule has 2 atom stereocenters. The third kappa shape index (κ3) is 6.33. The highest BCUT2D eigenvalue weighted by Gasteiger charge is 2.36. The number of carbonyl (C=O) groups is 1. The molecule has 1 aliphatic carbocycles. The number of aromatic amines is 1. The predicted molar refractivity (Wildman–Crippen MR) is 171 cm³/mol. The van der Waals surface area contributed by atoms with Crippen LogP contribution in [0.1, 0.15) is 69.1 Å². The van der Waals surface area contributed by atoms with Crippen LogP contribution in [-0.2, 0) is 19.5 Å². The van der Waals surface area contributed by atoms with Crippen LogP contribution in [-0.4, -0.2) is 37.9 Å². The van der Waals surface area contributed by atoms with Crippen LogP contribution in [0.5, 0.6) is 5.75 Å². The molecule has 3 aromatic heterocycles. The van der Waals surface area contributed by atoms with Gasteiger partial charge in [0, 0.05) is 49.6 Å². The van der Waals surface area contributed by atoms with E-state index in [-0.39, 0.29) is 33.6 Å². The number of amides is 1. The van der Waals surface area contributed by atoms with Crippen LogP contribution in [0, 0.1) is 0 Å². The number of pyridine rings is 2. The number of benzene rings is 2. The fourth-order valence-corrected chi connectivity index (χ4v) is 6.50. The lowest BCUT2D eigenvalue weighted by Gasteiger charge is -2.40. The Kier molecular flexibility index (Phi) is 9.21. The van der Waals surface area contributed by atoms with Gasteiger partial charge >= 0.3 is 0 Å². The first-order valence-electron chi connectivity index (χ1n) is 14.5. The molecule has 1 aliphatic rings. The number of carbonyl (C=O) groups excluding carboxylic acids is 1. The molecule has 0 bridgehead atoms. The van der Waals surface area contributed by atoms with E-state index in [0.717, 1.165) is 53.2 Å². The van der Waals surface area contributed by atoms with Crippen molar-refractivity contribution in [3.05, 3.63) is 141 Å². The normalized spacial score (nSPS) is 15.0. The summed E-state index contributed by atoms with van der Waals surface area (Å²) in [5.74, 6) is 1.29. The minimum absolute atomic E-state index is 0.0637. The summed E-state index contributed by atoms with van der Waals surface area (Å²) in [5, 5.41) is 3.34. The van der Waals surface area contributed by atoms with Crippen LogP contribution in [0.3, 0.4) is 0 Å². The van der Waals surface area contributed by atoms with Crippen LogP contribution < -0.4 is 10.1 Å². The highest BCUT2D eigenvalue weighted by atomic mass is 35.5. The average molecular weight is 628 g/mol. The molecule has 2 aromatic carbocycles. The molecule has 2 unspecified atom stereocenters. The van der Waals surface area contributed by atoms with E-state index in [1.807, 2.05) is 48.8 Å². The molecule has 0 saturated heterocycles. The summed E-state index contributed by atoms with van der Waals surface area (Å²) in [5.41, 5.74) is 5.71. The maximum Gasteiger partial charge on any atom is 0.254 e. The molecule has 8 nitrogen and oxygen atoms in total. The number of ether oxygens (including phenoxy) is 1. The van der Waals surface area contributed by atoms with Crippen molar-refractivity contribution in [1.82, 2.24) is 30.2 Å². The van der Waals surface area contributed by atoms with Gasteiger partial charge in [-0.05, 0) is 48.1 Å². The first-order valence-corrected chi connectivity index (χ1v) is 15.3. The number of imidazole rings is 1. The summed E-state index contributed by atoms with van der Waals surface area (Å²) < 4.78 is 5.85. The topological polar surface area (TPSA) is 96.0 Å². The lowest BCUT2D eigenvalue weighted by atomic mass is 9.88. The van der Waals surface area contributed by atoms with Crippen molar-refractivity contribution in [1.29, 1.82) is 0 Å². The molecule has 5 aromatic rings. The highest BCUT2D eigenvalue weighted by Crippen LogP contribution is 2.43. The smallest absolute Gasteiger partial charge is 0.254 e. The average Bonchev–Trinajstić information content (AvgIpc) is 3.58. The number of aryl methyl sites for hydroxylation is 1. The van der Waals surface area contributed by atoms with Gasteiger partial charge in [-0.2, -0.15) is 0 Å². The first-order chi connectivity index (χ1) is 21.5. The second kappa shape index (κ2) is 13.6. The van der Waals surface area contributed by atoms with Gasteiger partial charge in [0.05, 0.1) is 40.5 Å². The number of fused-ring (bicyclic) bond motifs is 1. The highest BCUT2D eigenvalue weighted by molar-refractivity contribution is 6.39. The number of H-pyrrole nitrogens is 1. The van der Waals surface area contributed by atoms with Crippen molar-refractivity contribution in [3.63, 3.8) is 0 Å². The van der Waals surface area contributed by atoms with Gasteiger partial charge in [-0.25, -0.2) is 4.98 Å². The van der Waals surface area contributed by atoms with Crippen molar-refractivity contribution in [2.75, 3.05) is 7.11 Å². The molecule has 3 heterocycles. The molecule has 0 radical (unpaired) electrons. The zero-order chi connectivity index (χ0) is 30.5. The summed E-state index contributed by atoms with van der Waals surface area (Å²) in [4.78, 5) is 32.2. The van der Waals surface area contributed by atoms with E-state index in [1.54, 1.807) is 13.3 Å². The number of hydrogen-bond acceptors (Lipinski definition) is 6. The van der Waals surface area contributed by atoms with Gasteiger partial charge in [0.1, 0.15) is 11.6 Å².